The molecule has 1 N–H and O–H groups in total. The highest BCUT2D eigenvalue weighted by molar-refractivity contribution is 5.81. The molecule has 0 bridgehead atoms. The molecule has 18 heavy (non-hydrogen) atoms. The fraction of sp³-hybridized carbons (Fsp3) is 0.538. The quantitative estimate of drug-likeness (QED) is 0.869. The first-order valence-electron chi connectivity index (χ1n) is 6.08. The molecule has 1 aromatic heterocycles. The average molecular weight is 253 g/mol. The van der Waals surface area contributed by atoms with Gasteiger partial charge >= 0.3 is 0 Å². The van der Waals surface area contributed by atoms with Crippen molar-refractivity contribution in [3.05, 3.63) is 29.8 Å². The Hall–Kier alpha value is -1.49. The van der Waals surface area contributed by atoms with E-state index < -0.39 is 0 Å². The van der Waals surface area contributed by atoms with Crippen LogP contribution in [0.15, 0.2) is 18.3 Å². The van der Waals surface area contributed by atoms with E-state index in [1.165, 1.54) is 12.3 Å². The summed E-state index contributed by atoms with van der Waals surface area (Å²) in [7, 11) is 1.77. The lowest BCUT2D eigenvalue weighted by atomic mass is 10.1. The first-order valence-corrected chi connectivity index (χ1v) is 6.08. The summed E-state index contributed by atoms with van der Waals surface area (Å²) in [5.74, 6) is -0.327. The van der Waals surface area contributed by atoms with Gasteiger partial charge in [0.1, 0.15) is 5.82 Å². The Morgan fingerprint density at radius 1 is 1.50 bits per heavy atom. The van der Waals surface area contributed by atoms with E-state index in [0.29, 0.717) is 6.54 Å². The molecule has 0 saturated carbocycles. The predicted octanol–water partition coefficient (Wildman–Crippen LogP) is 1.74. The van der Waals surface area contributed by atoms with E-state index in [2.05, 4.69) is 10.3 Å². The Morgan fingerprint density at radius 2 is 2.17 bits per heavy atom. The van der Waals surface area contributed by atoms with Gasteiger partial charge in [-0.15, -0.1) is 0 Å². The van der Waals surface area contributed by atoms with Gasteiger partial charge in [0, 0.05) is 19.6 Å². The predicted molar refractivity (Wildman–Crippen MR) is 68.5 cm³/mol. The lowest BCUT2D eigenvalue weighted by Gasteiger charge is -2.23. The van der Waals surface area contributed by atoms with Crippen LogP contribution >= 0.6 is 0 Å². The van der Waals surface area contributed by atoms with E-state index in [4.69, 9.17) is 0 Å². The number of carbonyl (C=O) groups excluding carboxylic acids is 1. The van der Waals surface area contributed by atoms with Gasteiger partial charge in [-0.2, -0.15) is 0 Å². The molecule has 0 aliphatic rings. The Kier molecular flexibility index (Phi) is 5.22. The van der Waals surface area contributed by atoms with Gasteiger partial charge in [-0.25, -0.2) is 4.39 Å². The van der Waals surface area contributed by atoms with Crippen LogP contribution in [-0.4, -0.2) is 35.4 Å². The number of nitrogens with one attached hydrogen (secondary N) is 1. The van der Waals surface area contributed by atoms with E-state index in [0.717, 1.165) is 5.69 Å². The molecule has 5 heteroatoms. The van der Waals surface area contributed by atoms with Crippen molar-refractivity contribution in [1.29, 1.82) is 0 Å². The van der Waals surface area contributed by atoms with Gasteiger partial charge < -0.3 is 4.90 Å². The van der Waals surface area contributed by atoms with E-state index in [1.807, 2.05) is 20.8 Å². The normalized spacial score (nSPS) is 14.1. The minimum atomic E-state index is -0.360. The number of likely N-dealkylation sites (N-methyl/N-ethyl adjacent to an activating group) is 1. The summed E-state index contributed by atoms with van der Waals surface area (Å²) in [6.07, 6.45) is 1.18. The Balaban J connectivity index is 2.61. The number of nitrogens with zero attached hydrogens (tertiary/aromatic N) is 2. The van der Waals surface area contributed by atoms with Crippen molar-refractivity contribution < 1.29 is 9.18 Å². The first-order chi connectivity index (χ1) is 8.45. The third-order valence-electron chi connectivity index (χ3n) is 2.91. The summed E-state index contributed by atoms with van der Waals surface area (Å²) < 4.78 is 12.7. The number of hydrogen-bond donors (Lipinski definition) is 1. The standard InChI is InChI=1S/C13H20FN3O/c1-5-17(4)13(18)10(3)16-9(2)12-7-6-11(14)8-15-12/h6-10,16H,5H2,1-4H3. The molecular formula is C13H20FN3O. The molecular weight excluding hydrogens is 233 g/mol. The molecule has 0 saturated heterocycles. The summed E-state index contributed by atoms with van der Waals surface area (Å²) in [6, 6.07) is 2.59. The summed E-state index contributed by atoms with van der Waals surface area (Å²) in [5, 5.41) is 3.15. The van der Waals surface area contributed by atoms with Crippen LogP contribution in [0.4, 0.5) is 4.39 Å². The zero-order chi connectivity index (χ0) is 13.7. The van der Waals surface area contributed by atoms with Crippen LogP contribution < -0.4 is 5.32 Å². The summed E-state index contributed by atoms with van der Waals surface area (Å²) in [4.78, 5) is 17.5. The van der Waals surface area contributed by atoms with E-state index in [-0.39, 0.29) is 23.8 Å². The molecule has 1 aromatic rings. The molecule has 0 radical (unpaired) electrons. The van der Waals surface area contributed by atoms with E-state index >= 15 is 0 Å². The van der Waals surface area contributed by atoms with Crippen molar-refractivity contribution >= 4 is 5.91 Å². The van der Waals surface area contributed by atoms with Crippen LogP contribution in [0.2, 0.25) is 0 Å². The topological polar surface area (TPSA) is 45.2 Å². The lowest BCUT2D eigenvalue weighted by molar-refractivity contribution is -0.131. The fourth-order valence-corrected chi connectivity index (χ4v) is 1.66. The van der Waals surface area contributed by atoms with E-state index in [9.17, 15) is 9.18 Å². The Morgan fingerprint density at radius 3 is 2.67 bits per heavy atom. The van der Waals surface area contributed by atoms with Gasteiger partial charge in [-0.1, -0.05) is 0 Å². The zero-order valence-electron chi connectivity index (χ0n) is 11.3. The van der Waals surface area contributed by atoms with Crippen molar-refractivity contribution in [3.63, 3.8) is 0 Å². The smallest absolute Gasteiger partial charge is 0.239 e. The largest absolute Gasteiger partial charge is 0.345 e. The van der Waals surface area contributed by atoms with Crippen LogP contribution in [0, 0.1) is 5.82 Å². The second kappa shape index (κ2) is 6.44. The second-order valence-electron chi connectivity index (χ2n) is 4.36. The van der Waals surface area contributed by atoms with Crippen molar-refractivity contribution in [2.45, 2.75) is 32.9 Å². The summed E-state index contributed by atoms with van der Waals surface area (Å²) >= 11 is 0. The molecule has 0 aromatic carbocycles. The number of amides is 1. The second-order valence-corrected chi connectivity index (χ2v) is 4.36. The molecule has 4 nitrogen and oxygen atoms in total. The molecule has 1 amide bonds. The lowest BCUT2D eigenvalue weighted by Crippen LogP contribution is -2.44. The minimum absolute atomic E-state index is 0.0338. The van der Waals surface area contributed by atoms with E-state index in [1.54, 1.807) is 18.0 Å². The van der Waals surface area contributed by atoms with Crippen LogP contribution in [0.25, 0.3) is 0 Å². The molecule has 2 unspecified atom stereocenters. The van der Waals surface area contributed by atoms with Gasteiger partial charge in [0.15, 0.2) is 0 Å². The third kappa shape index (κ3) is 3.77. The van der Waals surface area contributed by atoms with Crippen molar-refractivity contribution in [1.82, 2.24) is 15.2 Å². The highest BCUT2D eigenvalue weighted by Crippen LogP contribution is 2.10. The molecule has 0 aliphatic heterocycles. The Labute approximate surface area is 107 Å². The highest BCUT2D eigenvalue weighted by atomic mass is 19.1. The van der Waals surface area contributed by atoms with Crippen LogP contribution in [0.1, 0.15) is 32.5 Å². The van der Waals surface area contributed by atoms with Gasteiger partial charge in [0.05, 0.1) is 17.9 Å². The van der Waals surface area contributed by atoms with Crippen LogP contribution in [-0.2, 0) is 4.79 Å². The SMILES string of the molecule is CCN(C)C(=O)C(C)NC(C)c1ccc(F)cn1. The van der Waals surface area contributed by atoms with Crippen molar-refractivity contribution in [2.24, 2.45) is 0 Å². The van der Waals surface area contributed by atoms with Gasteiger partial charge in [0.25, 0.3) is 0 Å². The van der Waals surface area contributed by atoms with Crippen molar-refractivity contribution in [3.8, 4) is 0 Å². The van der Waals surface area contributed by atoms with Gasteiger partial charge in [0.2, 0.25) is 5.91 Å². The summed E-state index contributed by atoms with van der Waals surface area (Å²) in [6.45, 7) is 6.31. The third-order valence-corrected chi connectivity index (χ3v) is 2.91. The number of hydrogen-bond acceptors (Lipinski definition) is 3. The molecule has 2 atom stereocenters. The summed E-state index contributed by atoms with van der Waals surface area (Å²) in [5.41, 5.74) is 0.718. The van der Waals surface area contributed by atoms with Crippen LogP contribution in [0.3, 0.4) is 0 Å². The minimum Gasteiger partial charge on any atom is -0.345 e. The molecule has 0 fully saturated rings. The van der Waals surface area contributed by atoms with Crippen LogP contribution in [0.5, 0.6) is 0 Å². The molecule has 100 valence electrons. The fourth-order valence-electron chi connectivity index (χ4n) is 1.66. The maximum Gasteiger partial charge on any atom is 0.239 e. The van der Waals surface area contributed by atoms with Gasteiger partial charge in [-0.05, 0) is 32.9 Å². The molecule has 1 rings (SSSR count). The molecule has 0 aliphatic carbocycles. The maximum absolute atomic E-state index is 12.7. The molecule has 0 spiro atoms. The Bertz CT molecular complexity index is 394. The molecule has 1 heterocycles. The van der Waals surface area contributed by atoms with Gasteiger partial charge in [-0.3, -0.25) is 15.1 Å². The number of rotatable bonds is 5. The number of halogens is 1. The first kappa shape index (κ1) is 14.6. The highest BCUT2D eigenvalue weighted by Gasteiger charge is 2.19. The maximum atomic E-state index is 12.7. The number of pyridine rings is 1. The average Bonchev–Trinajstić information content (AvgIpc) is 2.37. The zero-order valence-corrected chi connectivity index (χ0v) is 11.3. The number of carbonyl (C=O) groups is 1. The van der Waals surface area contributed by atoms with Crippen molar-refractivity contribution in [2.75, 3.05) is 13.6 Å². The monoisotopic (exact) mass is 253 g/mol. The number of aromatic nitrogens is 1.